The van der Waals surface area contributed by atoms with Crippen molar-refractivity contribution in [2.24, 2.45) is 5.92 Å². The molecule has 5 heteroatoms. The van der Waals surface area contributed by atoms with Gasteiger partial charge in [0.1, 0.15) is 5.15 Å². The molecule has 3 heterocycles. The second-order valence-corrected chi connectivity index (χ2v) is 6.73. The second kappa shape index (κ2) is 5.14. The van der Waals surface area contributed by atoms with Crippen LogP contribution in [0.2, 0.25) is 5.15 Å². The number of likely N-dealkylation sites (N-methyl/N-ethyl adjacent to an activating group) is 1. The molecule has 2 aliphatic heterocycles. The highest BCUT2D eigenvalue weighted by atomic mass is 35.5. The zero-order chi connectivity index (χ0) is 15.3. The number of carbonyl (C=O) groups excluding carboxylic acids is 1. The number of hydrogen-bond acceptors (Lipinski definition) is 2. The fourth-order valence-electron chi connectivity index (χ4n) is 3.75. The monoisotopic (exact) mass is 315 g/mol. The third-order valence-corrected chi connectivity index (χ3v) is 5.03. The first-order chi connectivity index (χ1) is 10.6. The summed E-state index contributed by atoms with van der Waals surface area (Å²) in [7, 11) is 2.14. The molecule has 0 radical (unpaired) electrons. The van der Waals surface area contributed by atoms with Crippen molar-refractivity contribution in [3.8, 4) is 11.3 Å². The Bertz CT molecular complexity index is 739. The van der Waals surface area contributed by atoms with Gasteiger partial charge in [0.25, 0.3) is 5.91 Å². The largest absolute Gasteiger partial charge is 0.352 e. The SMILES string of the molecule is CN1C[C@H]2CNC(=O)c3cc(-c4ccc(Cl)[nH]4)ccc3[C@@H]2C1. The number of carbonyl (C=O) groups is 1. The Hall–Kier alpha value is -1.78. The lowest BCUT2D eigenvalue weighted by atomic mass is 9.86. The number of aromatic nitrogens is 1. The number of benzene rings is 1. The van der Waals surface area contributed by atoms with E-state index in [0.717, 1.165) is 36.5 Å². The van der Waals surface area contributed by atoms with Gasteiger partial charge in [0.2, 0.25) is 0 Å². The predicted octanol–water partition coefficient (Wildman–Crippen LogP) is 2.72. The number of hydrogen-bond donors (Lipinski definition) is 2. The molecule has 2 aromatic rings. The highest BCUT2D eigenvalue weighted by Gasteiger charge is 2.36. The molecule has 2 N–H and O–H groups in total. The van der Waals surface area contributed by atoms with Crippen molar-refractivity contribution in [3.63, 3.8) is 0 Å². The molecule has 1 aromatic carbocycles. The molecule has 0 bridgehead atoms. The van der Waals surface area contributed by atoms with Crippen LogP contribution >= 0.6 is 11.6 Å². The summed E-state index contributed by atoms with van der Waals surface area (Å²) >= 11 is 5.96. The predicted molar refractivity (Wildman–Crippen MR) is 87.3 cm³/mol. The van der Waals surface area contributed by atoms with Gasteiger partial charge in [0.15, 0.2) is 0 Å². The lowest BCUT2D eigenvalue weighted by molar-refractivity contribution is 0.0951. The number of halogens is 1. The first kappa shape index (κ1) is 13.9. The third kappa shape index (κ3) is 2.23. The van der Waals surface area contributed by atoms with Crippen LogP contribution in [0.15, 0.2) is 30.3 Å². The molecule has 4 nitrogen and oxygen atoms in total. The van der Waals surface area contributed by atoms with Gasteiger partial charge >= 0.3 is 0 Å². The molecule has 4 rings (SSSR count). The summed E-state index contributed by atoms with van der Waals surface area (Å²) < 4.78 is 0. The van der Waals surface area contributed by atoms with E-state index in [2.05, 4.69) is 34.4 Å². The first-order valence-corrected chi connectivity index (χ1v) is 7.95. The summed E-state index contributed by atoms with van der Waals surface area (Å²) in [4.78, 5) is 17.9. The molecule has 1 aromatic heterocycles. The van der Waals surface area contributed by atoms with Gasteiger partial charge in [-0.05, 0) is 42.3 Å². The molecule has 22 heavy (non-hydrogen) atoms. The first-order valence-electron chi connectivity index (χ1n) is 7.57. The number of H-pyrrole nitrogens is 1. The summed E-state index contributed by atoms with van der Waals surface area (Å²) in [5.41, 5.74) is 3.90. The minimum absolute atomic E-state index is 0.0338. The fourth-order valence-corrected chi connectivity index (χ4v) is 3.91. The van der Waals surface area contributed by atoms with Crippen molar-refractivity contribution >= 4 is 17.5 Å². The maximum Gasteiger partial charge on any atom is 0.251 e. The minimum atomic E-state index is 0.0338. The molecule has 1 fully saturated rings. The molecule has 0 aliphatic carbocycles. The minimum Gasteiger partial charge on any atom is -0.352 e. The van der Waals surface area contributed by atoms with E-state index in [-0.39, 0.29) is 5.91 Å². The van der Waals surface area contributed by atoms with Gasteiger partial charge in [-0.15, -0.1) is 0 Å². The smallest absolute Gasteiger partial charge is 0.251 e. The highest BCUT2D eigenvalue weighted by Crippen LogP contribution is 2.37. The van der Waals surface area contributed by atoms with E-state index in [1.165, 1.54) is 5.56 Å². The van der Waals surface area contributed by atoms with Crippen LogP contribution in [0.4, 0.5) is 0 Å². The Morgan fingerprint density at radius 2 is 2.09 bits per heavy atom. The maximum absolute atomic E-state index is 12.4. The van der Waals surface area contributed by atoms with Crippen LogP contribution in [0.1, 0.15) is 21.8 Å². The van der Waals surface area contributed by atoms with Gasteiger partial charge < -0.3 is 15.2 Å². The van der Waals surface area contributed by atoms with Crippen molar-refractivity contribution in [2.45, 2.75) is 5.92 Å². The fraction of sp³-hybridized carbons (Fsp3) is 0.353. The molecular formula is C17H18ClN3O. The van der Waals surface area contributed by atoms with Crippen LogP contribution in [0, 0.1) is 5.92 Å². The Morgan fingerprint density at radius 1 is 1.23 bits per heavy atom. The van der Waals surface area contributed by atoms with E-state index in [9.17, 15) is 4.79 Å². The number of rotatable bonds is 1. The van der Waals surface area contributed by atoms with Crippen LogP contribution in [-0.2, 0) is 0 Å². The molecule has 2 aliphatic rings. The molecular weight excluding hydrogens is 298 g/mol. The van der Waals surface area contributed by atoms with Gasteiger partial charge in [-0.25, -0.2) is 0 Å². The number of nitrogens with zero attached hydrogens (tertiary/aromatic N) is 1. The van der Waals surface area contributed by atoms with Crippen LogP contribution in [-0.4, -0.2) is 42.5 Å². The number of aromatic amines is 1. The van der Waals surface area contributed by atoms with Crippen molar-refractivity contribution in [1.29, 1.82) is 0 Å². The average molecular weight is 316 g/mol. The normalized spacial score (nSPS) is 24.5. The summed E-state index contributed by atoms with van der Waals surface area (Å²) in [6.07, 6.45) is 0. The van der Waals surface area contributed by atoms with Crippen LogP contribution in [0.5, 0.6) is 0 Å². The molecule has 0 spiro atoms. The van der Waals surface area contributed by atoms with E-state index < -0.39 is 0 Å². The van der Waals surface area contributed by atoms with E-state index in [1.54, 1.807) is 0 Å². The lowest BCUT2D eigenvalue weighted by Gasteiger charge is -2.16. The molecule has 0 unspecified atom stereocenters. The molecule has 1 saturated heterocycles. The van der Waals surface area contributed by atoms with Crippen molar-refractivity contribution < 1.29 is 4.79 Å². The van der Waals surface area contributed by atoms with Crippen molar-refractivity contribution in [3.05, 3.63) is 46.6 Å². The number of nitrogens with one attached hydrogen (secondary N) is 2. The molecule has 114 valence electrons. The zero-order valence-electron chi connectivity index (χ0n) is 12.4. The summed E-state index contributed by atoms with van der Waals surface area (Å²) in [5.74, 6) is 0.966. The Balaban J connectivity index is 1.79. The van der Waals surface area contributed by atoms with Gasteiger partial charge in [-0.3, -0.25) is 4.79 Å². The number of likely N-dealkylation sites (tertiary alicyclic amines) is 1. The van der Waals surface area contributed by atoms with E-state index in [0.29, 0.717) is 17.0 Å². The number of fused-ring (bicyclic) bond motifs is 3. The zero-order valence-corrected chi connectivity index (χ0v) is 13.2. The topological polar surface area (TPSA) is 48.1 Å². The van der Waals surface area contributed by atoms with Crippen molar-refractivity contribution in [2.75, 3.05) is 26.7 Å². The molecule has 1 amide bonds. The van der Waals surface area contributed by atoms with E-state index in [1.807, 2.05) is 18.2 Å². The quantitative estimate of drug-likeness (QED) is 0.850. The summed E-state index contributed by atoms with van der Waals surface area (Å²) in [6.45, 7) is 2.81. The average Bonchev–Trinajstić information content (AvgIpc) is 3.07. The van der Waals surface area contributed by atoms with Gasteiger partial charge in [0.05, 0.1) is 0 Å². The van der Waals surface area contributed by atoms with E-state index >= 15 is 0 Å². The molecule has 2 atom stereocenters. The Morgan fingerprint density at radius 3 is 2.86 bits per heavy atom. The summed E-state index contributed by atoms with van der Waals surface area (Å²) in [6, 6.07) is 9.93. The lowest BCUT2D eigenvalue weighted by Crippen LogP contribution is -2.29. The number of amides is 1. The van der Waals surface area contributed by atoms with Crippen LogP contribution in [0.25, 0.3) is 11.3 Å². The van der Waals surface area contributed by atoms with Gasteiger partial charge in [0, 0.05) is 36.8 Å². The van der Waals surface area contributed by atoms with E-state index in [4.69, 9.17) is 11.6 Å². The van der Waals surface area contributed by atoms with Crippen LogP contribution in [0.3, 0.4) is 0 Å². The van der Waals surface area contributed by atoms with Crippen molar-refractivity contribution in [1.82, 2.24) is 15.2 Å². The Labute approximate surface area is 134 Å². The Kier molecular flexibility index (Phi) is 3.24. The third-order valence-electron chi connectivity index (χ3n) is 4.81. The molecule has 0 saturated carbocycles. The van der Waals surface area contributed by atoms with Crippen LogP contribution < -0.4 is 5.32 Å². The highest BCUT2D eigenvalue weighted by molar-refractivity contribution is 6.29. The maximum atomic E-state index is 12.4. The van der Waals surface area contributed by atoms with Gasteiger partial charge in [-0.2, -0.15) is 0 Å². The summed E-state index contributed by atoms with van der Waals surface area (Å²) in [5, 5.41) is 3.68. The standard InChI is InChI=1S/C17H18ClN3O/c1-21-8-11-7-19-17(22)13-6-10(15-4-5-16(18)20-15)2-3-12(13)14(11)9-21/h2-6,11,14,20H,7-9H2,1H3,(H,19,22)/t11-,14-/m1/s1. The second-order valence-electron chi connectivity index (χ2n) is 6.32. The van der Waals surface area contributed by atoms with Gasteiger partial charge in [-0.1, -0.05) is 23.7 Å².